The summed E-state index contributed by atoms with van der Waals surface area (Å²) in [6.07, 6.45) is 0. The molecule has 0 spiro atoms. The Balaban J connectivity index is 2.03. The number of likely N-dealkylation sites (N-methyl/N-ethyl adjacent to an activating group) is 1. The maximum Gasteiger partial charge on any atom is 0.261 e. The van der Waals surface area contributed by atoms with Gasteiger partial charge in [-0.15, -0.1) is 0 Å². The molecule has 0 atom stereocenters. The maximum atomic E-state index is 13.2. The van der Waals surface area contributed by atoms with Gasteiger partial charge in [-0.05, 0) is 31.2 Å². The molecule has 0 saturated carbocycles. The number of benzene rings is 2. The quantitative estimate of drug-likeness (QED) is 0.658. The zero-order valence-corrected chi connectivity index (χ0v) is 17.2. The van der Waals surface area contributed by atoms with E-state index in [2.05, 4.69) is 14.1 Å². The number of para-hydroxylation sites is 1. The number of amides is 1. The molecule has 1 amide bonds. The fraction of sp³-hybridized carbons (Fsp3) is 0.300. The zero-order valence-electron chi connectivity index (χ0n) is 15.7. The lowest BCUT2D eigenvalue weighted by Crippen LogP contribution is -3.06. The number of anilines is 1. The number of aromatic nitrogens is 1. The fourth-order valence-electron chi connectivity index (χ4n) is 2.70. The Hall–Kier alpha value is -2.15. The summed E-state index contributed by atoms with van der Waals surface area (Å²) in [6, 6.07) is 13.0. The molecule has 0 fully saturated rings. The summed E-state index contributed by atoms with van der Waals surface area (Å²) >= 11 is 7.76. The van der Waals surface area contributed by atoms with Crippen LogP contribution in [0.25, 0.3) is 10.2 Å². The molecule has 3 aromatic rings. The van der Waals surface area contributed by atoms with Gasteiger partial charge in [-0.25, -0.2) is 4.98 Å². The molecule has 142 valence electrons. The number of hydrogen-bond acceptors (Lipinski definition) is 4. The highest BCUT2D eigenvalue weighted by Crippen LogP contribution is 2.35. The first-order chi connectivity index (χ1) is 13.0. The van der Waals surface area contributed by atoms with E-state index < -0.39 is 0 Å². The monoisotopic (exact) mass is 404 g/mol. The molecule has 1 N–H and O–H groups in total. The van der Waals surface area contributed by atoms with Crippen molar-refractivity contribution >= 4 is 44.2 Å². The highest BCUT2D eigenvalue weighted by molar-refractivity contribution is 7.22. The minimum Gasteiger partial charge on any atom is -0.492 e. The Bertz CT molecular complexity index is 942. The van der Waals surface area contributed by atoms with E-state index >= 15 is 0 Å². The van der Waals surface area contributed by atoms with Crippen LogP contribution >= 0.6 is 22.9 Å². The Morgan fingerprint density at radius 2 is 2.00 bits per heavy atom. The van der Waals surface area contributed by atoms with E-state index in [1.807, 2.05) is 37.3 Å². The lowest BCUT2D eigenvalue weighted by atomic mass is 10.2. The van der Waals surface area contributed by atoms with Crippen LogP contribution in [0.15, 0.2) is 42.5 Å². The summed E-state index contributed by atoms with van der Waals surface area (Å²) in [6.45, 7) is 3.86. The summed E-state index contributed by atoms with van der Waals surface area (Å²) in [5.41, 5.74) is 1.27. The second-order valence-electron chi connectivity index (χ2n) is 6.43. The number of fused-ring (bicyclic) bond motifs is 1. The smallest absolute Gasteiger partial charge is 0.261 e. The van der Waals surface area contributed by atoms with Gasteiger partial charge in [0.05, 0.1) is 49.1 Å². The van der Waals surface area contributed by atoms with Gasteiger partial charge in [0.2, 0.25) is 0 Å². The number of hydrogen-bond donors (Lipinski definition) is 1. The minimum absolute atomic E-state index is 0.140. The maximum absolute atomic E-state index is 13.2. The number of nitrogens with one attached hydrogen (secondary N) is 1. The molecule has 7 heteroatoms. The molecule has 2 aromatic carbocycles. The van der Waals surface area contributed by atoms with Crippen LogP contribution in [0.5, 0.6) is 5.75 Å². The van der Waals surface area contributed by atoms with Crippen molar-refractivity contribution in [3.63, 3.8) is 0 Å². The number of carbonyl (C=O) groups is 1. The first kappa shape index (κ1) is 19.6. The molecule has 0 bridgehead atoms. The van der Waals surface area contributed by atoms with E-state index in [1.54, 1.807) is 17.0 Å². The van der Waals surface area contributed by atoms with Gasteiger partial charge in [0.15, 0.2) is 5.13 Å². The number of thiazole rings is 1. The first-order valence-corrected chi connectivity index (χ1v) is 10.1. The number of nitrogens with zero attached hydrogens (tertiary/aromatic N) is 2. The van der Waals surface area contributed by atoms with E-state index in [4.69, 9.17) is 21.3 Å². The van der Waals surface area contributed by atoms with Gasteiger partial charge in [-0.3, -0.25) is 9.69 Å². The molecular formula is C20H23ClN3O2S+. The molecule has 0 aliphatic rings. The van der Waals surface area contributed by atoms with Gasteiger partial charge >= 0.3 is 0 Å². The largest absolute Gasteiger partial charge is 0.492 e. The topological polar surface area (TPSA) is 46.9 Å². The van der Waals surface area contributed by atoms with E-state index in [0.29, 0.717) is 28.9 Å². The Labute approximate surface area is 168 Å². The average molecular weight is 405 g/mol. The fourth-order valence-corrected chi connectivity index (χ4v) is 3.92. The number of ether oxygens (including phenoxy) is 1. The molecule has 0 radical (unpaired) electrons. The SMILES string of the molecule is CCOc1cccc2sc(N(CC[NH+](C)C)C(=O)c3ccccc3Cl)nc12. The van der Waals surface area contributed by atoms with Crippen LogP contribution in [0, 0.1) is 0 Å². The third-order valence-corrected chi connectivity index (χ3v) is 5.46. The van der Waals surface area contributed by atoms with E-state index in [-0.39, 0.29) is 5.91 Å². The van der Waals surface area contributed by atoms with Crippen LogP contribution in [0.3, 0.4) is 0 Å². The van der Waals surface area contributed by atoms with Gasteiger partial charge in [0.1, 0.15) is 11.3 Å². The Morgan fingerprint density at radius 1 is 1.22 bits per heavy atom. The van der Waals surface area contributed by atoms with Crippen LogP contribution in [0.2, 0.25) is 5.02 Å². The lowest BCUT2D eigenvalue weighted by Gasteiger charge is -2.21. The van der Waals surface area contributed by atoms with Gasteiger partial charge in [-0.2, -0.15) is 0 Å². The molecule has 3 rings (SSSR count). The van der Waals surface area contributed by atoms with Crippen molar-refractivity contribution in [2.75, 3.05) is 38.7 Å². The zero-order chi connectivity index (χ0) is 19.4. The Morgan fingerprint density at radius 3 is 2.70 bits per heavy atom. The molecule has 0 aliphatic carbocycles. The van der Waals surface area contributed by atoms with Crippen LogP contribution in [-0.2, 0) is 0 Å². The summed E-state index contributed by atoms with van der Waals surface area (Å²) in [5.74, 6) is 0.597. The third-order valence-electron chi connectivity index (χ3n) is 4.09. The molecular weight excluding hydrogens is 382 g/mol. The van der Waals surface area contributed by atoms with Crippen molar-refractivity contribution < 1.29 is 14.4 Å². The number of halogens is 1. The second kappa shape index (κ2) is 8.69. The summed E-state index contributed by atoms with van der Waals surface area (Å²) in [4.78, 5) is 20.9. The first-order valence-electron chi connectivity index (χ1n) is 8.89. The number of carbonyl (C=O) groups excluding carboxylic acids is 1. The van der Waals surface area contributed by atoms with Gasteiger partial charge < -0.3 is 9.64 Å². The van der Waals surface area contributed by atoms with Gasteiger partial charge in [0.25, 0.3) is 5.91 Å². The molecule has 1 aromatic heterocycles. The van der Waals surface area contributed by atoms with Crippen molar-refractivity contribution in [3.8, 4) is 5.75 Å². The summed E-state index contributed by atoms with van der Waals surface area (Å²) in [7, 11) is 4.12. The second-order valence-corrected chi connectivity index (χ2v) is 7.84. The lowest BCUT2D eigenvalue weighted by molar-refractivity contribution is -0.856. The predicted octanol–water partition coefficient (Wildman–Crippen LogP) is 3.14. The molecule has 0 saturated heterocycles. The Kier molecular flexibility index (Phi) is 6.31. The third kappa shape index (κ3) is 4.40. The highest BCUT2D eigenvalue weighted by Gasteiger charge is 2.24. The van der Waals surface area contributed by atoms with E-state index in [0.717, 1.165) is 22.5 Å². The normalized spacial score (nSPS) is 11.1. The minimum atomic E-state index is -0.140. The molecule has 0 unspecified atom stereocenters. The van der Waals surface area contributed by atoms with Gasteiger partial charge in [0, 0.05) is 0 Å². The van der Waals surface area contributed by atoms with Crippen molar-refractivity contribution in [2.45, 2.75) is 6.92 Å². The molecule has 0 aliphatic heterocycles. The van der Waals surface area contributed by atoms with Crippen LogP contribution < -0.4 is 14.5 Å². The van der Waals surface area contributed by atoms with Crippen molar-refractivity contribution in [2.24, 2.45) is 0 Å². The van der Waals surface area contributed by atoms with Crippen LogP contribution in [0.1, 0.15) is 17.3 Å². The van der Waals surface area contributed by atoms with Crippen molar-refractivity contribution in [1.82, 2.24) is 4.98 Å². The number of quaternary nitrogens is 1. The molecule has 5 nitrogen and oxygen atoms in total. The summed E-state index contributed by atoms with van der Waals surface area (Å²) in [5, 5.41) is 1.10. The number of rotatable bonds is 7. The van der Waals surface area contributed by atoms with Gasteiger partial charge in [-0.1, -0.05) is 41.1 Å². The van der Waals surface area contributed by atoms with E-state index in [9.17, 15) is 4.79 Å². The van der Waals surface area contributed by atoms with Crippen molar-refractivity contribution in [3.05, 3.63) is 53.1 Å². The highest BCUT2D eigenvalue weighted by atomic mass is 35.5. The van der Waals surface area contributed by atoms with E-state index in [1.165, 1.54) is 16.2 Å². The van der Waals surface area contributed by atoms with Crippen LogP contribution in [0.4, 0.5) is 5.13 Å². The molecule has 27 heavy (non-hydrogen) atoms. The average Bonchev–Trinajstić information content (AvgIpc) is 3.07. The van der Waals surface area contributed by atoms with Crippen molar-refractivity contribution in [1.29, 1.82) is 0 Å². The van der Waals surface area contributed by atoms with Crippen LogP contribution in [-0.4, -0.2) is 44.7 Å². The summed E-state index contributed by atoms with van der Waals surface area (Å²) < 4.78 is 6.68. The molecule has 1 heterocycles. The predicted molar refractivity (Wildman–Crippen MR) is 112 cm³/mol. The standard InChI is InChI=1S/C20H22ClN3O2S/c1-4-26-16-10-7-11-17-18(16)22-20(27-17)24(13-12-23(2)3)19(25)14-8-5-6-9-15(14)21/h5-11H,4,12-13H2,1-3H3/p+1.